The minimum Gasteiger partial charge on any atom is -0.444 e. The van der Waals surface area contributed by atoms with Gasteiger partial charge in [0.1, 0.15) is 5.60 Å². The predicted octanol–water partition coefficient (Wildman–Crippen LogP) is 4.55. The average Bonchev–Trinajstić information content (AvgIpc) is 3.32. The van der Waals surface area contributed by atoms with E-state index in [4.69, 9.17) is 4.74 Å². The third-order valence-electron chi connectivity index (χ3n) is 5.70. The van der Waals surface area contributed by atoms with E-state index in [2.05, 4.69) is 20.0 Å². The number of halogens is 3. The van der Waals surface area contributed by atoms with Gasteiger partial charge in [-0.2, -0.15) is 18.2 Å². The fourth-order valence-corrected chi connectivity index (χ4v) is 4.30. The van der Waals surface area contributed by atoms with Gasteiger partial charge in [0.2, 0.25) is 5.82 Å². The van der Waals surface area contributed by atoms with Crippen LogP contribution < -0.4 is 5.32 Å². The Morgan fingerprint density at radius 1 is 1.21 bits per heavy atom. The molecule has 2 amide bonds. The maximum atomic E-state index is 13.2. The summed E-state index contributed by atoms with van der Waals surface area (Å²) in [4.78, 5) is 30.7. The Bertz CT molecular complexity index is 1060. The van der Waals surface area contributed by atoms with Crippen LogP contribution >= 0.6 is 0 Å². The lowest BCUT2D eigenvalue weighted by atomic mass is 9.89. The van der Waals surface area contributed by atoms with Crippen molar-refractivity contribution in [2.75, 3.05) is 0 Å². The number of benzene rings is 1. The molecule has 0 bridgehead atoms. The van der Waals surface area contributed by atoms with E-state index in [-0.39, 0.29) is 29.4 Å². The molecule has 1 aromatic carbocycles. The molecular formula is C22H25F3N4O4. The highest BCUT2D eigenvalue weighted by Gasteiger charge is 2.40. The van der Waals surface area contributed by atoms with Crippen LogP contribution in [0.5, 0.6) is 0 Å². The van der Waals surface area contributed by atoms with E-state index >= 15 is 0 Å². The number of carbonyl (C=O) groups is 2. The molecule has 0 unspecified atom stereocenters. The van der Waals surface area contributed by atoms with Crippen LogP contribution in [0.15, 0.2) is 22.7 Å². The molecule has 11 heteroatoms. The van der Waals surface area contributed by atoms with Gasteiger partial charge >= 0.3 is 18.2 Å². The van der Waals surface area contributed by atoms with Gasteiger partial charge in [-0.15, -0.1) is 0 Å². The van der Waals surface area contributed by atoms with E-state index in [9.17, 15) is 22.8 Å². The van der Waals surface area contributed by atoms with Crippen molar-refractivity contribution in [1.29, 1.82) is 0 Å². The van der Waals surface area contributed by atoms with E-state index in [0.29, 0.717) is 12.1 Å². The first kappa shape index (κ1) is 23.1. The Hall–Kier alpha value is -3.11. The normalized spacial score (nSPS) is 21.2. The maximum absolute atomic E-state index is 13.2. The lowest BCUT2D eigenvalue weighted by Crippen LogP contribution is -2.54. The summed E-state index contributed by atoms with van der Waals surface area (Å²) in [6, 6.07) is 4.28. The van der Waals surface area contributed by atoms with E-state index in [1.165, 1.54) is 6.07 Å². The first-order chi connectivity index (χ1) is 15.4. The first-order valence-electron chi connectivity index (χ1n) is 10.8. The lowest BCUT2D eigenvalue weighted by molar-refractivity contribution is -0.159. The molecule has 0 spiro atoms. The number of nitrogens with one attached hydrogen (secondary N) is 1. The molecule has 178 valence electrons. The van der Waals surface area contributed by atoms with Crippen molar-refractivity contribution >= 4 is 12.0 Å². The van der Waals surface area contributed by atoms with Crippen molar-refractivity contribution in [2.45, 2.75) is 76.9 Å². The van der Waals surface area contributed by atoms with Gasteiger partial charge in [-0.25, -0.2) is 4.79 Å². The van der Waals surface area contributed by atoms with E-state index in [0.717, 1.165) is 31.2 Å². The first-order valence-corrected chi connectivity index (χ1v) is 10.8. The van der Waals surface area contributed by atoms with Crippen molar-refractivity contribution in [3.05, 3.63) is 35.2 Å². The number of fused-ring (bicyclic) bond motifs is 1. The minimum absolute atomic E-state index is 0.211. The molecule has 1 aliphatic heterocycles. The molecule has 33 heavy (non-hydrogen) atoms. The van der Waals surface area contributed by atoms with Crippen LogP contribution in [0.2, 0.25) is 0 Å². The molecular weight excluding hydrogens is 441 g/mol. The molecule has 2 aliphatic rings. The van der Waals surface area contributed by atoms with Crippen molar-refractivity contribution in [1.82, 2.24) is 20.4 Å². The predicted molar refractivity (Wildman–Crippen MR) is 110 cm³/mol. The summed E-state index contributed by atoms with van der Waals surface area (Å²) >= 11 is 0. The zero-order valence-electron chi connectivity index (χ0n) is 18.5. The van der Waals surface area contributed by atoms with Crippen LogP contribution in [-0.2, 0) is 17.5 Å². The number of hydrogen-bond donors (Lipinski definition) is 1. The molecule has 8 nitrogen and oxygen atoms in total. The molecule has 1 N–H and O–H groups in total. The third-order valence-corrected chi connectivity index (χ3v) is 5.70. The van der Waals surface area contributed by atoms with E-state index in [1.54, 1.807) is 37.8 Å². The second-order valence-electron chi connectivity index (χ2n) is 9.33. The summed E-state index contributed by atoms with van der Waals surface area (Å²) in [6.45, 7) is 5.70. The lowest BCUT2D eigenvalue weighted by Gasteiger charge is -2.38. The van der Waals surface area contributed by atoms with E-state index < -0.39 is 23.8 Å². The summed E-state index contributed by atoms with van der Waals surface area (Å²) < 4.78 is 48.0. The summed E-state index contributed by atoms with van der Waals surface area (Å²) in [6.07, 6.45) is -1.97. The molecule has 0 saturated heterocycles. The molecule has 1 saturated carbocycles. The van der Waals surface area contributed by atoms with Gasteiger partial charge in [-0.1, -0.05) is 30.1 Å². The number of alkyl carbamates (subject to hydrolysis) is 1. The highest BCUT2D eigenvalue weighted by molar-refractivity contribution is 5.99. The molecule has 2 aromatic rings. The summed E-state index contributed by atoms with van der Waals surface area (Å²) in [5, 5.41) is 6.30. The molecule has 1 aliphatic carbocycles. The summed E-state index contributed by atoms with van der Waals surface area (Å²) in [5.41, 5.74) is 0.762. The topological polar surface area (TPSA) is 97.6 Å². The standard InChI is InChI=1S/C22H25F3N4O4/c1-21(2,3)32-20(31)26-15-6-4-5-7-16(15)29-11-13-9-8-12(10-14(13)18(29)30)17-27-19(33-28-17)22(23,24)25/h8-10,15-16H,4-7,11H2,1-3H3,(H,26,31)/t15-,16-/m1/s1. The maximum Gasteiger partial charge on any atom is 0.471 e. The Kier molecular flexibility index (Phi) is 5.83. The zero-order chi connectivity index (χ0) is 24.0. The largest absolute Gasteiger partial charge is 0.471 e. The number of rotatable bonds is 3. The van der Waals surface area contributed by atoms with Crippen molar-refractivity contribution in [3.8, 4) is 11.4 Å². The Morgan fingerprint density at radius 2 is 1.94 bits per heavy atom. The molecule has 2 heterocycles. The van der Waals surface area contributed by atoms with Gasteiger partial charge in [-0.05, 0) is 45.2 Å². The van der Waals surface area contributed by atoms with Crippen LogP contribution in [0.4, 0.5) is 18.0 Å². The average molecular weight is 466 g/mol. The zero-order valence-corrected chi connectivity index (χ0v) is 18.5. The van der Waals surface area contributed by atoms with Crippen LogP contribution in [-0.4, -0.2) is 44.7 Å². The molecule has 4 rings (SSSR count). The number of nitrogens with zero attached hydrogens (tertiary/aromatic N) is 3. The van der Waals surface area contributed by atoms with Gasteiger partial charge in [0, 0.05) is 17.7 Å². The fraction of sp³-hybridized carbons (Fsp3) is 0.545. The number of amides is 2. The molecule has 1 fully saturated rings. The van der Waals surface area contributed by atoms with Crippen molar-refractivity contribution in [3.63, 3.8) is 0 Å². The molecule has 1 aromatic heterocycles. The highest BCUT2D eigenvalue weighted by atomic mass is 19.4. The molecule has 0 radical (unpaired) electrons. The highest BCUT2D eigenvalue weighted by Crippen LogP contribution is 2.34. The number of alkyl halides is 3. The quantitative estimate of drug-likeness (QED) is 0.713. The van der Waals surface area contributed by atoms with Crippen molar-refractivity contribution < 1.29 is 32.0 Å². The fourth-order valence-electron chi connectivity index (χ4n) is 4.30. The summed E-state index contributed by atoms with van der Waals surface area (Å²) in [7, 11) is 0. The smallest absolute Gasteiger partial charge is 0.444 e. The number of ether oxygens (including phenoxy) is 1. The van der Waals surface area contributed by atoms with Crippen LogP contribution in [0.3, 0.4) is 0 Å². The monoisotopic (exact) mass is 466 g/mol. The Balaban J connectivity index is 1.53. The van der Waals surface area contributed by atoms with E-state index in [1.807, 2.05) is 0 Å². The molecule has 2 atom stereocenters. The van der Waals surface area contributed by atoms with Gasteiger partial charge in [0.25, 0.3) is 5.91 Å². The van der Waals surface area contributed by atoms with Gasteiger partial charge in [0.05, 0.1) is 12.1 Å². The third kappa shape index (κ3) is 4.96. The van der Waals surface area contributed by atoms with Crippen LogP contribution in [0.25, 0.3) is 11.4 Å². The van der Waals surface area contributed by atoms with Gasteiger partial charge in [-0.3, -0.25) is 4.79 Å². The Labute approximate surface area is 188 Å². The van der Waals surface area contributed by atoms with Crippen molar-refractivity contribution in [2.24, 2.45) is 0 Å². The number of aromatic nitrogens is 2. The van der Waals surface area contributed by atoms with Gasteiger partial charge in [0.15, 0.2) is 0 Å². The second-order valence-corrected chi connectivity index (χ2v) is 9.33. The SMILES string of the molecule is CC(C)(C)OC(=O)N[C@@H]1CCCC[C@H]1N1Cc2ccc(-c3noc(C(F)(F)F)n3)cc2C1=O. The number of carbonyl (C=O) groups excluding carboxylic acids is 2. The minimum atomic E-state index is -4.74. The Morgan fingerprint density at radius 3 is 2.61 bits per heavy atom. The van der Waals surface area contributed by atoms with Crippen LogP contribution in [0, 0.1) is 0 Å². The second kappa shape index (κ2) is 8.35. The summed E-state index contributed by atoms with van der Waals surface area (Å²) in [5.74, 6) is -1.92. The van der Waals surface area contributed by atoms with Gasteiger partial charge < -0.3 is 19.5 Å². The number of hydrogen-bond acceptors (Lipinski definition) is 6. The van der Waals surface area contributed by atoms with Crippen LogP contribution in [0.1, 0.15) is 68.3 Å².